The number of carbonyl (C=O) groups excluding carboxylic acids is 2. The van der Waals surface area contributed by atoms with E-state index < -0.39 is 16.7 Å². The smallest absolute Gasteiger partial charge is 0.250 e. The highest BCUT2D eigenvalue weighted by molar-refractivity contribution is 6.43. The minimum Gasteiger partial charge on any atom is -0.493 e. The van der Waals surface area contributed by atoms with Crippen molar-refractivity contribution in [1.82, 2.24) is 5.32 Å². The molecule has 5 nitrogen and oxygen atoms in total. The molecular weight excluding hydrogens is 508 g/mol. The van der Waals surface area contributed by atoms with E-state index in [4.69, 9.17) is 16.3 Å². The molecule has 0 saturated heterocycles. The molecule has 216 valence electrons. The zero-order valence-corrected chi connectivity index (χ0v) is 26.0. The quantitative estimate of drug-likeness (QED) is 0.126. The van der Waals surface area contributed by atoms with Crippen LogP contribution in [0.5, 0.6) is 5.75 Å². The molecule has 2 aromatic carbocycles. The van der Waals surface area contributed by atoms with Crippen LogP contribution < -0.4 is 15.4 Å². The highest BCUT2D eigenvalue weighted by Gasteiger charge is 2.36. The molecule has 0 aliphatic carbocycles. The molecule has 0 aromatic heterocycles. The zero-order valence-electron chi connectivity index (χ0n) is 25.2. The standard InChI is InChI=1S/C33H49ClN2O3/c1-9-31(3,4)24-18-19-27(26(22-24)32(5,6)10-2)39-21-15-14-20-35-23-33(7,8)29(37)28(34)30(38)36-25-16-12-11-13-17-25/h11-13,16-19,22,28,35H,9-10,14-15,20-21,23H2,1-8H3,(H,36,38). The van der Waals surface area contributed by atoms with Gasteiger partial charge >= 0.3 is 0 Å². The van der Waals surface area contributed by atoms with Gasteiger partial charge < -0.3 is 15.4 Å². The Balaban J connectivity index is 1.83. The number of alkyl halides is 1. The highest BCUT2D eigenvalue weighted by Crippen LogP contribution is 2.38. The number of unbranched alkanes of at least 4 members (excludes halogenated alkanes) is 1. The van der Waals surface area contributed by atoms with Gasteiger partial charge in [0.15, 0.2) is 11.2 Å². The predicted octanol–water partition coefficient (Wildman–Crippen LogP) is 7.65. The molecule has 39 heavy (non-hydrogen) atoms. The first-order valence-corrected chi connectivity index (χ1v) is 14.7. The van der Waals surface area contributed by atoms with E-state index in [1.807, 2.05) is 32.0 Å². The number of rotatable bonds is 16. The predicted molar refractivity (Wildman–Crippen MR) is 164 cm³/mol. The van der Waals surface area contributed by atoms with E-state index in [2.05, 4.69) is 70.4 Å². The van der Waals surface area contributed by atoms with Crippen LogP contribution in [0.4, 0.5) is 5.69 Å². The van der Waals surface area contributed by atoms with Crippen molar-refractivity contribution in [2.45, 2.75) is 97.3 Å². The number of hydrogen-bond acceptors (Lipinski definition) is 4. The minimum atomic E-state index is -1.24. The topological polar surface area (TPSA) is 67.4 Å². The first-order valence-electron chi connectivity index (χ1n) is 14.3. The average Bonchev–Trinajstić information content (AvgIpc) is 2.92. The first kappa shape index (κ1) is 32.8. The molecule has 0 radical (unpaired) electrons. The third-order valence-electron chi connectivity index (χ3n) is 8.00. The summed E-state index contributed by atoms with van der Waals surface area (Å²) in [7, 11) is 0. The van der Waals surface area contributed by atoms with E-state index in [0.29, 0.717) is 18.8 Å². The fourth-order valence-electron chi connectivity index (χ4n) is 4.21. The maximum absolute atomic E-state index is 12.9. The van der Waals surface area contributed by atoms with Crippen LogP contribution in [-0.2, 0) is 20.4 Å². The van der Waals surface area contributed by atoms with E-state index in [1.54, 1.807) is 12.1 Å². The van der Waals surface area contributed by atoms with Crippen molar-refractivity contribution < 1.29 is 14.3 Å². The number of para-hydroxylation sites is 1. The van der Waals surface area contributed by atoms with Gasteiger partial charge in [0.25, 0.3) is 0 Å². The van der Waals surface area contributed by atoms with Gasteiger partial charge in [-0.25, -0.2) is 0 Å². The number of hydrogen-bond donors (Lipinski definition) is 2. The Hall–Kier alpha value is -2.37. The highest BCUT2D eigenvalue weighted by atomic mass is 35.5. The lowest BCUT2D eigenvalue weighted by Crippen LogP contribution is -2.44. The van der Waals surface area contributed by atoms with Crippen molar-refractivity contribution >= 4 is 29.0 Å². The normalized spacial score (nSPS) is 13.2. The number of carbonyl (C=O) groups is 2. The van der Waals surface area contributed by atoms with Gasteiger partial charge in [0.2, 0.25) is 5.91 Å². The first-order chi connectivity index (χ1) is 18.2. The van der Waals surface area contributed by atoms with Crippen LogP contribution in [0.2, 0.25) is 0 Å². The van der Waals surface area contributed by atoms with Crippen LogP contribution in [0, 0.1) is 5.41 Å². The lowest BCUT2D eigenvalue weighted by molar-refractivity contribution is -0.130. The van der Waals surface area contributed by atoms with Crippen LogP contribution in [-0.4, -0.2) is 36.8 Å². The molecule has 0 heterocycles. The number of ketones is 1. The zero-order chi connectivity index (χ0) is 29.3. The molecule has 6 heteroatoms. The van der Waals surface area contributed by atoms with Gasteiger partial charge in [-0.15, -0.1) is 11.6 Å². The van der Waals surface area contributed by atoms with E-state index in [-0.39, 0.29) is 16.6 Å². The van der Waals surface area contributed by atoms with Crippen molar-refractivity contribution in [3.63, 3.8) is 0 Å². The maximum Gasteiger partial charge on any atom is 0.250 e. The van der Waals surface area contributed by atoms with Gasteiger partial charge in [0.1, 0.15) is 5.75 Å². The van der Waals surface area contributed by atoms with Crippen LogP contribution in [0.3, 0.4) is 0 Å². The Bertz CT molecular complexity index is 1080. The van der Waals surface area contributed by atoms with Crippen molar-refractivity contribution in [3.8, 4) is 5.75 Å². The summed E-state index contributed by atoms with van der Waals surface area (Å²) in [6, 6.07) is 15.7. The van der Waals surface area contributed by atoms with E-state index in [0.717, 1.165) is 38.0 Å². The number of benzene rings is 2. The third kappa shape index (κ3) is 9.36. The second kappa shape index (κ2) is 14.3. The van der Waals surface area contributed by atoms with E-state index >= 15 is 0 Å². The third-order valence-corrected chi connectivity index (χ3v) is 8.40. The van der Waals surface area contributed by atoms with Crippen molar-refractivity contribution in [2.75, 3.05) is 25.0 Å². The molecule has 1 unspecified atom stereocenters. The number of anilines is 1. The molecule has 1 atom stereocenters. The van der Waals surface area contributed by atoms with Gasteiger partial charge in [0.05, 0.1) is 6.61 Å². The monoisotopic (exact) mass is 556 g/mol. The second-order valence-electron chi connectivity index (χ2n) is 12.4. The summed E-state index contributed by atoms with van der Waals surface area (Å²) >= 11 is 6.25. The SMILES string of the molecule is CCC(C)(C)c1ccc(OCCCCNCC(C)(C)C(=O)C(Cl)C(=O)Nc2ccccc2)c(C(C)(C)CC)c1. The summed E-state index contributed by atoms with van der Waals surface area (Å²) in [6.07, 6.45) is 3.93. The summed E-state index contributed by atoms with van der Waals surface area (Å²) in [5.41, 5.74) is 2.64. The summed E-state index contributed by atoms with van der Waals surface area (Å²) < 4.78 is 6.28. The van der Waals surface area contributed by atoms with Gasteiger partial charge in [-0.3, -0.25) is 9.59 Å². The molecule has 0 saturated carbocycles. The second-order valence-corrected chi connectivity index (χ2v) is 12.8. The Morgan fingerprint density at radius 1 is 0.897 bits per heavy atom. The van der Waals surface area contributed by atoms with Crippen molar-refractivity contribution in [3.05, 3.63) is 59.7 Å². The summed E-state index contributed by atoms with van der Waals surface area (Å²) in [4.78, 5) is 25.4. The molecule has 1 amide bonds. The van der Waals surface area contributed by atoms with Gasteiger partial charge in [0, 0.05) is 23.2 Å². The molecule has 0 bridgehead atoms. The van der Waals surface area contributed by atoms with Gasteiger partial charge in [-0.2, -0.15) is 0 Å². The molecule has 2 rings (SSSR count). The molecule has 0 spiro atoms. The summed E-state index contributed by atoms with van der Waals surface area (Å²) in [6.45, 7) is 19.1. The number of halogens is 1. The Kier molecular flexibility index (Phi) is 12.1. The fourth-order valence-corrected chi connectivity index (χ4v) is 4.56. The van der Waals surface area contributed by atoms with Crippen LogP contribution >= 0.6 is 11.6 Å². The maximum atomic E-state index is 12.9. The number of nitrogens with one attached hydrogen (secondary N) is 2. The van der Waals surface area contributed by atoms with E-state index in [1.165, 1.54) is 11.1 Å². The van der Waals surface area contributed by atoms with Crippen LogP contribution in [0.25, 0.3) is 0 Å². The van der Waals surface area contributed by atoms with Gasteiger partial charge in [-0.05, 0) is 66.8 Å². The van der Waals surface area contributed by atoms with Crippen molar-refractivity contribution in [1.29, 1.82) is 0 Å². The Morgan fingerprint density at radius 2 is 1.54 bits per heavy atom. The van der Waals surface area contributed by atoms with Crippen LogP contribution in [0.1, 0.15) is 92.2 Å². The number of amides is 1. The summed E-state index contributed by atoms with van der Waals surface area (Å²) in [5.74, 6) is 0.170. The van der Waals surface area contributed by atoms with Crippen molar-refractivity contribution in [2.24, 2.45) is 5.41 Å². The molecule has 2 N–H and O–H groups in total. The molecule has 0 fully saturated rings. The number of Topliss-reactive ketones (excluding diaryl/α,β-unsaturated/α-hetero) is 1. The number of ether oxygens (including phenoxy) is 1. The minimum absolute atomic E-state index is 0.0348. The molecular formula is C33H49ClN2O3. The summed E-state index contributed by atoms with van der Waals surface area (Å²) in [5, 5.41) is 4.82. The van der Waals surface area contributed by atoms with Crippen LogP contribution in [0.15, 0.2) is 48.5 Å². The lowest BCUT2D eigenvalue weighted by Gasteiger charge is -2.30. The largest absolute Gasteiger partial charge is 0.493 e. The molecule has 0 aliphatic rings. The molecule has 2 aromatic rings. The van der Waals surface area contributed by atoms with E-state index in [9.17, 15) is 9.59 Å². The fraction of sp³-hybridized carbons (Fsp3) is 0.576. The lowest BCUT2D eigenvalue weighted by atomic mass is 9.76. The Morgan fingerprint density at radius 3 is 2.15 bits per heavy atom. The molecule has 0 aliphatic heterocycles. The van der Waals surface area contributed by atoms with Gasteiger partial charge in [-0.1, -0.05) is 85.7 Å². The Labute approximate surface area is 241 Å². The average molecular weight is 557 g/mol.